The molecule has 0 aliphatic carbocycles. The standard InChI is InChI=1S/C21H25N7OS/c1-22-18-15-17(28(4)12-24-15)16-21(26-18)30-20(25-16)14-8-5-7-13(11-14)19(29)23-9-6-10-27(2)3/h5,7-8,11-12H,6,9-10H2,1-4H3,(H,22,26)(H,23,29). The van der Waals surface area contributed by atoms with E-state index in [-0.39, 0.29) is 5.91 Å². The van der Waals surface area contributed by atoms with Gasteiger partial charge < -0.3 is 20.1 Å². The van der Waals surface area contributed by atoms with Crippen LogP contribution in [0.4, 0.5) is 5.82 Å². The Morgan fingerprint density at radius 3 is 2.83 bits per heavy atom. The zero-order valence-electron chi connectivity index (χ0n) is 17.6. The number of nitrogens with zero attached hydrogens (tertiary/aromatic N) is 5. The first-order valence-electron chi connectivity index (χ1n) is 9.80. The van der Waals surface area contributed by atoms with Gasteiger partial charge in [0, 0.05) is 31.8 Å². The van der Waals surface area contributed by atoms with E-state index in [1.807, 2.05) is 57.0 Å². The van der Waals surface area contributed by atoms with Gasteiger partial charge in [0.1, 0.15) is 26.4 Å². The lowest BCUT2D eigenvalue weighted by atomic mass is 10.1. The van der Waals surface area contributed by atoms with Crippen LogP contribution in [0.3, 0.4) is 0 Å². The Hall–Kier alpha value is -3.04. The minimum Gasteiger partial charge on any atom is -0.371 e. The van der Waals surface area contributed by atoms with E-state index < -0.39 is 0 Å². The number of carbonyl (C=O) groups is 1. The van der Waals surface area contributed by atoms with Crippen LogP contribution in [-0.2, 0) is 7.05 Å². The van der Waals surface area contributed by atoms with Crippen LogP contribution in [0.5, 0.6) is 0 Å². The van der Waals surface area contributed by atoms with E-state index in [0.717, 1.165) is 50.7 Å². The fourth-order valence-corrected chi connectivity index (χ4v) is 4.31. The summed E-state index contributed by atoms with van der Waals surface area (Å²) < 4.78 is 1.96. The summed E-state index contributed by atoms with van der Waals surface area (Å²) in [5.41, 5.74) is 4.10. The van der Waals surface area contributed by atoms with Gasteiger partial charge in [-0.25, -0.2) is 15.0 Å². The predicted molar refractivity (Wildman–Crippen MR) is 122 cm³/mol. The average Bonchev–Trinajstić information content (AvgIpc) is 3.34. The second kappa shape index (κ2) is 8.37. The normalized spacial score (nSPS) is 11.5. The number of amides is 1. The van der Waals surface area contributed by atoms with Crippen molar-refractivity contribution in [3.8, 4) is 10.6 Å². The number of hydrogen-bond donors (Lipinski definition) is 2. The molecule has 9 heteroatoms. The lowest BCUT2D eigenvalue weighted by molar-refractivity contribution is 0.0952. The summed E-state index contributed by atoms with van der Waals surface area (Å²) in [6, 6.07) is 7.58. The fourth-order valence-electron chi connectivity index (χ4n) is 3.37. The maximum atomic E-state index is 12.5. The maximum Gasteiger partial charge on any atom is 0.251 e. The Morgan fingerprint density at radius 2 is 2.07 bits per heavy atom. The first kappa shape index (κ1) is 20.2. The number of aromatic nitrogens is 4. The molecule has 30 heavy (non-hydrogen) atoms. The number of nitrogens with one attached hydrogen (secondary N) is 2. The van der Waals surface area contributed by atoms with Crippen LogP contribution in [0.2, 0.25) is 0 Å². The van der Waals surface area contributed by atoms with Crippen molar-refractivity contribution in [1.82, 2.24) is 29.7 Å². The molecule has 0 saturated heterocycles. The van der Waals surface area contributed by atoms with E-state index in [2.05, 4.69) is 25.5 Å². The Kier molecular flexibility index (Phi) is 5.65. The van der Waals surface area contributed by atoms with Crippen molar-refractivity contribution >= 4 is 44.4 Å². The monoisotopic (exact) mass is 423 g/mol. The van der Waals surface area contributed by atoms with E-state index >= 15 is 0 Å². The molecule has 1 amide bonds. The van der Waals surface area contributed by atoms with Gasteiger partial charge in [0.25, 0.3) is 5.91 Å². The molecule has 0 saturated carbocycles. The number of pyridine rings is 1. The SMILES string of the molecule is CNc1nc2sc(-c3cccc(C(=O)NCCCN(C)C)c3)nc2c2c1ncn2C. The highest BCUT2D eigenvalue weighted by atomic mass is 32.1. The van der Waals surface area contributed by atoms with Crippen molar-refractivity contribution in [1.29, 1.82) is 0 Å². The van der Waals surface area contributed by atoms with Gasteiger partial charge in [-0.05, 0) is 39.2 Å². The number of thiazole rings is 1. The number of benzene rings is 1. The molecule has 4 rings (SSSR count). The highest BCUT2D eigenvalue weighted by Gasteiger charge is 2.17. The van der Waals surface area contributed by atoms with Gasteiger partial charge in [-0.1, -0.05) is 23.5 Å². The van der Waals surface area contributed by atoms with Gasteiger partial charge in [-0.2, -0.15) is 0 Å². The summed E-state index contributed by atoms with van der Waals surface area (Å²) in [4.78, 5) is 29.5. The molecule has 0 spiro atoms. The molecule has 0 unspecified atom stereocenters. The molecule has 1 aromatic carbocycles. The smallest absolute Gasteiger partial charge is 0.251 e. The minimum atomic E-state index is -0.0682. The summed E-state index contributed by atoms with van der Waals surface area (Å²) in [6.45, 7) is 1.59. The molecule has 0 radical (unpaired) electrons. The number of imidazole rings is 1. The van der Waals surface area contributed by atoms with Crippen LogP contribution in [0.15, 0.2) is 30.6 Å². The Labute approximate surface area is 179 Å². The summed E-state index contributed by atoms with van der Waals surface area (Å²) in [5.74, 6) is 0.667. The molecule has 0 aliphatic rings. The Balaban J connectivity index is 1.64. The topological polar surface area (TPSA) is 88.0 Å². The third-order valence-electron chi connectivity index (χ3n) is 4.88. The zero-order valence-corrected chi connectivity index (χ0v) is 18.4. The van der Waals surface area contributed by atoms with Crippen molar-refractivity contribution in [2.75, 3.05) is 39.5 Å². The second-order valence-corrected chi connectivity index (χ2v) is 8.41. The lowest BCUT2D eigenvalue weighted by Crippen LogP contribution is -2.27. The lowest BCUT2D eigenvalue weighted by Gasteiger charge is -2.10. The molecular formula is C21H25N7OS. The zero-order chi connectivity index (χ0) is 21.3. The number of aryl methyl sites for hydroxylation is 1. The van der Waals surface area contributed by atoms with Crippen LogP contribution in [0.1, 0.15) is 16.8 Å². The first-order chi connectivity index (χ1) is 14.5. The third-order valence-corrected chi connectivity index (χ3v) is 5.88. The highest BCUT2D eigenvalue weighted by molar-refractivity contribution is 7.21. The molecule has 0 bridgehead atoms. The van der Waals surface area contributed by atoms with Crippen LogP contribution < -0.4 is 10.6 Å². The summed E-state index contributed by atoms with van der Waals surface area (Å²) in [7, 11) is 7.84. The number of rotatable bonds is 7. The highest BCUT2D eigenvalue weighted by Crippen LogP contribution is 2.35. The summed E-state index contributed by atoms with van der Waals surface area (Å²) in [5, 5.41) is 6.93. The summed E-state index contributed by atoms with van der Waals surface area (Å²) in [6.07, 6.45) is 2.68. The van der Waals surface area contributed by atoms with Gasteiger partial charge in [0.05, 0.1) is 6.33 Å². The van der Waals surface area contributed by atoms with E-state index in [9.17, 15) is 4.79 Å². The minimum absolute atomic E-state index is 0.0682. The van der Waals surface area contributed by atoms with Crippen molar-refractivity contribution in [2.45, 2.75) is 6.42 Å². The fraction of sp³-hybridized carbons (Fsp3) is 0.333. The molecule has 0 fully saturated rings. The summed E-state index contributed by atoms with van der Waals surface area (Å²) >= 11 is 1.51. The molecule has 0 aliphatic heterocycles. The van der Waals surface area contributed by atoms with Gasteiger partial charge >= 0.3 is 0 Å². The quantitative estimate of drug-likeness (QED) is 0.445. The molecule has 2 N–H and O–H groups in total. The maximum absolute atomic E-state index is 12.5. The molecule has 4 aromatic rings. The first-order valence-corrected chi connectivity index (χ1v) is 10.6. The Bertz CT molecular complexity index is 1210. The number of hydrogen-bond acceptors (Lipinski definition) is 7. The van der Waals surface area contributed by atoms with Gasteiger partial charge in [0.15, 0.2) is 5.82 Å². The molecule has 0 atom stereocenters. The second-order valence-electron chi connectivity index (χ2n) is 7.43. The number of carbonyl (C=O) groups excluding carboxylic acids is 1. The van der Waals surface area contributed by atoms with Gasteiger partial charge in [-0.15, -0.1) is 0 Å². The molecule has 8 nitrogen and oxygen atoms in total. The average molecular weight is 424 g/mol. The van der Waals surface area contributed by atoms with Crippen LogP contribution in [0.25, 0.3) is 32.0 Å². The van der Waals surface area contributed by atoms with E-state index in [1.165, 1.54) is 11.3 Å². The van der Waals surface area contributed by atoms with Gasteiger partial charge in [-0.3, -0.25) is 4.79 Å². The largest absolute Gasteiger partial charge is 0.371 e. The van der Waals surface area contributed by atoms with Crippen molar-refractivity contribution < 1.29 is 4.79 Å². The van der Waals surface area contributed by atoms with Crippen LogP contribution in [0, 0.1) is 0 Å². The van der Waals surface area contributed by atoms with Crippen LogP contribution in [-0.4, -0.2) is 64.6 Å². The van der Waals surface area contributed by atoms with E-state index in [0.29, 0.717) is 12.1 Å². The van der Waals surface area contributed by atoms with E-state index in [1.54, 1.807) is 6.33 Å². The van der Waals surface area contributed by atoms with Crippen LogP contribution >= 0.6 is 11.3 Å². The van der Waals surface area contributed by atoms with E-state index in [4.69, 9.17) is 4.98 Å². The number of anilines is 1. The van der Waals surface area contributed by atoms with Gasteiger partial charge in [0.2, 0.25) is 0 Å². The number of fused-ring (bicyclic) bond motifs is 3. The molecule has 3 heterocycles. The predicted octanol–water partition coefficient (Wildman–Crippen LogP) is 2.97. The van der Waals surface area contributed by atoms with Crippen molar-refractivity contribution in [3.05, 3.63) is 36.2 Å². The van der Waals surface area contributed by atoms with Crippen molar-refractivity contribution in [3.63, 3.8) is 0 Å². The Morgan fingerprint density at radius 1 is 1.23 bits per heavy atom. The molecule has 156 valence electrons. The third kappa shape index (κ3) is 3.86. The molecule has 3 aromatic heterocycles. The van der Waals surface area contributed by atoms with Crippen molar-refractivity contribution in [2.24, 2.45) is 7.05 Å². The molecular weight excluding hydrogens is 398 g/mol.